The Bertz CT molecular complexity index is 1110. The second-order valence-electron chi connectivity index (χ2n) is 8.26. The Labute approximate surface area is 214 Å². The van der Waals surface area contributed by atoms with Crippen LogP contribution in [0, 0.1) is 34.6 Å². The van der Waals surface area contributed by atoms with Gasteiger partial charge in [0.25, 0.3) is 0 Å². The molecular weight excluding hydrogens is 420 g/mol. The van der Waals surface area contributed by atoms with Gasteiger partial charge in [-0.05, 0) is 51.0 Å². The zero-order chi connectivity index (χ0) is 25.9. The van der Waals surface area contributed by atoms with Gasteiger partial charge in [0.05, 0.1) is 0 Å². The minimum Gasteiger partial charge on any atom is -0.0683 e. The van der Waals surface area contributed by atoms with Crippen LogP contribution in [0.25, 0.3) is 10.8 Å². The third-order valence-corrected chi connectivity index (χ3v) is 5.11. The van der Waals surface area contributed by atoms with Gasteiger partial charge < -0.3 is 0 Å². The molecule has 0 aliphatic rings. The molecule has 0 fully saturated rings. The number of rotatable bonds is 0. The Morgan fingerprint density at radius 1 is 0.314 bits per heavy atom. The number of aryl methyl sites for hydroxylation is 5. The first-order valence-corrected chi connectivity index (χ1v) is 12.5. The summed E-state index contributed by atoms with van der Waals surface area (Å²) in [4.78, 5) is 0. The zero-order valence-corrected chi connectivity index (χ0v) is 22.6. The van der Waals surface area contributed by atoms with E-state index in [0.717, 1.165) is 0 Å². The SMILES string of the molecule is CC.Cc1ccc(C)cc1.Cc1cccc2ccccc12.Cc1ccccc1.Cc1ccccc1. The minimum atomic E-state index is 1.32. The molecule has 0 heterocycles. The topological polar surface area (TPSA) is 0 Å². The maximum atomic E-state index is 2.16. The van der Waals surface area contributed by atoms with Crippen LogP contribution in [0.5, 0.6) is 0 Å². The van der Waals surface area contributed by atoms with Crippen molar-refractivity contribution in [1.29, 1.82) is 0 Å². The maximum absolute atomic E-state index is 2.16. The summed E-state index contributed by atoms with van der Waals surface area (Å²) >= 11 is 0. The van der Waals surface area contributed by atoms with Crippen LogP contribution >= 0.6 is 0 Å². The quantitative estimate of drug-likeness (QED) is 0.215. The highest BCUT2D eigenvalue weighted by molar-refractivity contribution is 5.85. The fourth-order valence-electron chi connectivity index (χ4n) is 3.09. The first kappa shape index (κ1) is 29.4. The third kappa shape index (κ3) is 13.0. The minimum absolute atomic E-state index is 1.32. The Kier molecular flexibility index (Phi) is 14.9. The van der Waals surface area contributed by atoms with Crippen LogP contribution in [0.3, 0.4) is 0 Å². The van der Waals surface area contributed by atoms with E-state index in [4.69, 9.17) is 0 Å². The van der Waals surface area contributed by atoms with Crippen LogP contribution in [0.15, 0.2) is 127 Å². The second kappa shape index (κ2) is 17.8. The highest BCUT2D eigenvalue weighted by atomic mass is 14.0. The lowest BCUT2D eigenvalue weighted by atomic mass is 10.1. The van der Waals surface area contributed by atoms with E-state index in [0.29, 0.717) is 0 Å². The van der Waals surface area contributed by atoms with Gasteiger partial charge in [0.2, 0.25) is 0 Å². The Hall–Kier alpha value is -3.64. The molecule has 0 saturated heterocycles. The van der Waals surface area contributed by atoms with Gasteiger partial charge in [-0.2, -0.15) is 0 Å². The number of fused-ring (bicyclic) bond motifs is 1. The highest BCUT2D eigenvalue weighted by Gasteiger charge is 1.92. The molecule has 0 radical (unpaired) electrons. The maximum Gasteiger partial charge on any atom is -0.0155 e. The van der Waals surface area contributed by atoms with E-state index in [2.05, 4.69) is 126 Å². The summed E-state index contributed by atoms with van der Waals surface area (Å²) in [6.45, 7) is 14.5. The van der Waals surface area contributed by atoms with Crippen molar-refractivity contribution in [2.75, 3.05) is 0 Å². The summed E-state index contributed by atoms with van der Waals surface area (Å²) < 4.78 is 0. The molecule has 5 rings (SSSR count). The van der Waals surface area contributed by atoms with Gasteiger partial charge in [0.1, 0.15) is 0 Å². The van der Waals surface area contributed by atoms with Gasteiger partial charge in [-0.15, -0.1) is 0 Å². The van der Waals surface area contributed by atoms with Crippen molar-refractivity contribution >= 4 is 10.8 Å². The van der Waals surface area contributed by atoms with Crippen molar-refractivity contribution in [1.82, 2.24) is 0 Å². The van der Waals surface area contributed by atoms with Crippen molar-refractivity contribution in [2.45, 2.75) is 48.5 Å². The number of hydrogen-bond donors (Lipinski definition) is 0. The van der Waals surface area contributed by atoms with Crippen LogP contribution < -0.4 is 0 Å². The normalized spacial score (nSPS) is 9.00. The van der Waals surface area contributed by atoms with Gasteiger partial charge in [-0.25, -0.2) is 0 Å². The van der Waals surface area contributed by atoms with Crippen molar-refractivity contribution in [3.63, 3.8) is 0 Å². The molecule has 5 aromatic rings. The van der Waals surface area contributed by atoms with E-state index in [1.54, 1.807) is 0 Å². The van der Waals surface area contributed by atoms with Gasteiger partial charge in [-0.3, -0.25) is 0 Å². The molecule has 0 bridgehead atoms. The lowest BCUT2D eigenvalue weighted by Crippen LogP contribution is -1.75. The van der Waals surface area contributed by atoms with Crippen LogP contribution in [0.2, 0.25) is 0 Å². The van der Waals surface area contributed by atoms with Gasteiger partial charge in [0, 0.05) is 0 Å². The van der Waals surface area contributed by atoms with Crippen LogP contribution in [-0.2, 0) is 0 Å². The van der Waals surface area contributed by atoms with Gasteiger partial charge in [-0.1, -0.05) is 163 Å². The Morgan fingerprint density at radius 2 is 0.657 bits per heavy atom. The predicted molar refractivity (Wildman–Crippen MR) is 158 cm³/mol. The largest absolute Gasteiger partial charge is 0.0683 e. The molecule has 5 aromatic carbocycles. The molecule has 0 saturated carbocycles. The van der Waals surface area contributed by atoms with E-state index < -0.39 is 0 Å². The van der Waals surface area contributed by atoms with Crippen molar-refractivity contribution in [3.8, 4) is 0 Å². The summed E-state index contributed by atoms with van der Waals surface area (Å²) in [6.07, 6.45) is 0. The van der Waals surface area contributed by atoms with E-state index in [-0.39, 0.29) is 0 Å². The standard InChI is InChI=1S/C11H10.C8H10.2C7H8.C2H6/c1-9-5-4-7-10-6-2-3-8-11(9)10;1-7-3-5-8(2)6-4-7;2*1-7-5-3-2-4-6-7;1-2/h2-8H,1H3;3-6H,1-2H3;2*2-6H,1H3;1-2H3. The van der Waals surface area contributed by atoms with E-state index in [1.807, 2.05) is 50.2 Å². The first-order chi connectivity index (χ1) is 17.0. The summed E-state index contributed by atoms with van der Waals surface area (Å²) in [5, 5.41) is 2.68. The third-order valence-electron chi connectivity index (χ3n) is 5.11. The Balaban J connectivity index is 0.000000232. The second-order valence-corrected chi connectivity index (χ2v) is 8.26. The number of benzene rings is 5. The molecule has 0 N–H and O–H groups in total. The zero-order valence-electron chi connectivity index (χ0n) is 22.6. The number of hydrogen-bond acceptors (Lipinski definition) is 0. The van der Waals surface area contributed by atoms with Crippen molar-refractivity contribution in [2.24, 2.45) is 0 Å². The molecule has 0 atom stereocenters. The highest BCUT2D eigenvalue weighted by Crippen LogP contribution is 2.16. The summed E-state index contributed by atoms with van der Waals surface area (Å²) in [5.74, 6) is 0. The molecular formula is C35H42. The summed E-state index contributed by atoms with van der Waals surface area (Å²) in [5.41, 5.74) is 6.65. The average Bonchev–Trinajstić information content (AvgIpc) is 2.90. The van der Waals surface area contributed by atoms with E-state index >= 15 is 0 Å². The van der Waals surface area contributed by atoms with E-state index in [9.17, 15) is 0 Å². The van der Waals surface area contributed by atoms with E-state index in [1.165, 1.54) is 38.6 Å². The molecule has 0 spiro atoms. The molecule has 0 nitrogen and oxygen atoms in total. The fourth-order valence-corrected chi connectivity index (χ4v) is 3.09. The predicted octanol–water partition coefficient (Wildman–Crippen LogP) is 10.5. The van der Waals surface area contributed by atoms with Gasteiger partial charge in [0.15, 0.2) is 0 Å². The monoisotopic (exact) mass is 462 g/mol. The Morgan fingerprint density at radius 3 is 1.03 bits per heavy atom. The van der Waals surface area contributed by atoms with Crippen molar-refractivity contribution < 1.29 is 0 Å². The lowest BCUT2D eigenvalue weighted by Gasteiger charge is -1.98. The van der Waals surface area contributed by atoms with Crippen LogP contribution in [0.4, 0.5) is 0 Å². The molecule has 182 valence electrons. The molecule has 0 aromatic heterocycles. The first-order valence-electron chi connectivity index (χ1n) is 12.5. The molecule has 0 heteroatoms. The average molecular weight is 463 g/mol. The smallest absolute Gasteiger partial charge is 0.0155 e. The molecule has 35 heavy (non-hydrogen) atoms. The molecule has 0 aliphatic carbocycles. The van der Waals surface area contributed by atoms with Crippen molar-refractivity contribution in [3.05, 3.63) is 155 Å². The molecule has 0 amide bonds. The summed E-state index contributed by atoms with van der Waals surface area (Å²) in [7, 11) is 0. The fraction of sp³-hybridized carbons (Fsp3) is 0.200. The van der Waals surface area contributed by atoms with Crippen LogP contribution in [-0.4, -0.2) is 0 Å². The molecule has 0 unspecified atom stereocenters. The van der Waals surface area contributed by atoms with Gasteiger partial charge >= 0.3 is 0 Å². The lowest BCUT2D eigenvalue weighted by molar-refractivity contribution is 1.40. The molecule has 0 aliphatic heterocycles. The summed E-state index contributed by atoms with van der Waals surface area (Å²) in [6, 6.07) is 43.8. The van der Waals surface area contributed by atoms with Crippen LogP contribution in [0.1, 0.15) is 41.7 Å².